The molecule has 1 aromatic heterocycles. The Bertz CT molecular complexity index is 692. The van der Waals surface area contributed by atoms with E-state index < -0.39 is 23.3 Å². The number of nitrogens with one attached hydrogen (secondary N) is 2. The van der Waals surface area contributed by atoms with Gasteiger partial charge in [-0.3, -0.25) is 14.7 Å². The van der Waals surface area contributed by atoms with Crippen molar-refractivity contribution in [1.82, 2.24) is 10.2 Å². The molecular weight excluding hydrogens is 287 g/mol. The van der Waals surface area contributed by atoms with Gasteiger partial charge in [0.05, 0.1) is 11.8 Å². The molecule has 5 nitrogen and oxygen atoms in total. The quantitative estimate of drug-likeness (QED) is 0.855. The predicted octanol–water partition coefficient (Wildman–Crippen LogP) is 2.88. The van der Waals surface area contributed by atoms with Crippen LogP contribution in [0.4, 0.5) is 18.9 Å². The molecule has 8 heteroatoms. The zero-order valence-corrected chi connectivity index (χ0v) is 10.8. The van der Waals surface area contributed by atoms with E-state index in [9.17, 15) is 22.8 Å². The average Bonchev–Trinajstić information content (AvgIpc) is 2.88. The monoisotopic (exact) mass is 297 g/mol. The summed E-state index contributed by atoms with van der Waals surface area (Å²) in [7, 11) is 0. The second-order valence-electron chi connectivity index (χ2n) is 4.25. The van der Waals surface area contributed by atoms with Crippen molar-refractivity contribution in [3.63, 3.8) is 0 Å². The van der Waals surface area contributed by atoms with Gasteiger partial charge in [-0.15, -0.1) is 0 Å². The molecule has 0 saturated heterocycles. The molecule has 2 N–H and O–H groups in total. The first-order valence-electron chi connectivity index (χ1n) is 5.82. The first-order valence-corrected chi connectivity index (χ1v) is 5.82. The van der Waals surface area contributed by atoms with Crippen molar-refractivity contribution in [3.8, 4) is 0 Å². The van der Waals surface area contributed by atoms with Gasteiger partial charge >= 0.3 is 6.18 Å². The second kappa shape index (κ2) is 5.39. The number of Topliss-reactive ketones (excluding diaryl/α,β-unsaturated/α-hetero) is 1. The van der Waals surface area contributed by atoms with Gasteiger partial charge in [0.15, 0.2) is 11.5 Å². The smallest absolute Gasteiger partial charge is 0.322 e. The van der Waals surface area contributed by atoms with Crippen molar-refractivity contribution in [2.75, 3.05) is 5.32 Å². The summed E-state index contributed by atoms with van der Waals surface area (Å²) in [6.07, 6.45) is -3.91. The normalized spacial score (nSPS) is 11.2. The highest BCUT2D eigenvalue weighted by Crippen LogP contribution is 2.30. The third-order valence-corrected chi connectivity index (χ3v) is 2.69. The van der Waals surface area contributed by atoms with Gasteiger partial charge in [-0.25, -0.2) is 0 Å². The van der Waals surface area contributed by atoms with Crippen molar-refractivity contribution in [2.24, 2.45) is 0 Å². The Balaban J connectivity index is 2.25. The summed E-state index contributed by atoms with van der Waals surface area (Å²) in [6, 6.07) is 5.91. The number of amides is 1. The Morgan fingerprint density at radius 3 is 2.62 bits per heavy atom. The largest absolute Gasteiger partial charge is 0.433 e. The maximum Gasteiger partial charge on any atom is 0.433 e. The van der Waals surface area contributed by atoms with E-state index >= 15 is 0 Å². The lowest BCUT2D eigenvalue weighted by atomic mass is 10.1. The van der Waals surface area contributed by atoms with Crippen molar-refractivity contribution in [1.29, 1.82) is 0 Å². The highest BCUT2D eigenvalue weighted by molar-refractivity contribution is 6.05. The summed E-state index contributed by atoms with van der Waals surface area (Å²) in [4.78, 5) is 23.1. The van der Waals surface area contributed by atoms with Gasteiger partial charge in [0.2, 0.25) is 0 Å². The molecule has 0 saturated carbocycles. The molecule has 0 unspecified atom stereocenters. The molecule has 1 amide bonds. The van der Waals surface area contributed by atoms with Crippen LogP contribution in [0.5, 0.6) is 0 Å². The van der Waals surface area contributed by atoms with Crippen LogP contribution in [0.1, 0.15) is 33.3 Å². The Labute approximate surface area is 117 Å². The van der Waals surface area contributed by atoms with Gasteiger partial charge < -0.3 is 5.32 Å². The molecule has 0 fully saturated rings. The number of rotatable bonds is 3. The Morgan fingerprint density at radius 1 is 1.29 bits per heavy atom. The van der Waals surface area contributed by atoms with E-state index in [1.54, 1.807) is 5.10 Å². The molecule has 1 aromatic carbocycles. The number of ketones is 1. The third kappa shape index (κ3) is 3.28. The zero-order chi connectivity index (χ0) is 15.6. The van der Waals surface area contributed by atoms with Crippen LogP contribution >= 0.6 is 0 Å². The Morgan fingerprint density at radius 2 is 2.00 bits per heavy atom. The van der Waals surface area contributed by atoms with E-state index in [1.165, 1.54) is 31.2 Å². The molecule has 0 bridgehead atoms. The Kier molecular flexibility index (Phi) is 3.79. The van der Waals surface area contributed by atoms with Crippen molar-refractivity contribution >= 4 is 17.4 Å². The van der Waals surface area contributed by atoms with Crippen LogP contribution in [0.15, 0.2) is 30.5 Å². The van der Waals surface area contributed by atoms with E-state index in [0.29, 0.717) is 5.56 Å². The minimum Gasteiger partial charge on any atom is -0.322 e. The minimum absolute atomic E-state index is 0.217. The van der Waals surface area contributed by atoms with E-state index in [1.807, 2.05) is 0 Å². The number of H-pyrrole nitrogens is 1. The van der Waals surface area contributed by atoms with Gasteiger partial charge in [-0.1, -0.05) is 12.1 Å². The third-order valence-electron chi connectivity index (χ3n) is 2.69. The topological polar surface area (TPSA) is 74.8 Å². The maximum atomic E-state index is 12.7. The molecule has 2 aromatic rings. The fourth-order valence-corrected chi connectivity index (χ4v) is 1.69. The van der Waals surface area contributed by atoms with E-state index in [-0.39, 0.29) is 11.5 Å². The number of aromatic amines is 1. The van der Waals surface area contributed by atoms with Gasteiger partial charge in [0.1, 0.15) is 0 Å². The molecule has 1 heterocycles. The number of carbonyl (C=O) groups is 2. The van der Waals surface area contributed by atoms with Gasteiger partial charge in [-0.05, 0) is 19.1 Å². The molecule has 0 atom stereocenters. The maximum absolute atomic E-state index is 12.7. The van der Waals surface area contributed by atoms with Crippen molar-refractivity contribution < 1.29 is 22.8 Å². The molecule has 0 radical (unpaired) electrons. The summed E-state index contributed by atoms with van der Waals surface area (Å²) in [5.74, 6) is -1.18. The molecule has 2 rings (SSSR count). The molecule has 110 valence electrons. The molecular formula is C13H10F3N3O2. The number of hydrogen-bond acceptors (Lipinski definition) is 3. The standard InChI is InChI=1S/C13H10F3N3O2/c1-7(20)8-3-2-4-9(5-8)18-12(21)10-6-17-19-11(10)13(14,15)16/h2-6H,1H3,(H,17,19)(H,18,21). The number of halogens is 3. The van der Waals surface area contributed by atoms with E-state index in [2.05, 4.69) is 10.4 Å². The number of carbonyl (C=O) groups excluding carboxylic acids is 2. The fourth-order valence-electron chi connectivity index (χ4n) is 1.69. The lowest BCUT2D eigenvalue weighted by Gasteiger charge is -2.08. The molecule has 21 heavy (non-hydrogen) atoms. The van der Waals surface area contributed by atoms with E-state index in [0.717, 1.165) is 6.20 Å². The molecule has 0 spiro atoms. The van der Waals surface area contributed by atoms with Crippen molar-refractivity contribution in [2.45, 2.75) is 13.1 Å². The molecule has 0 aliphatic rings. The number of nitrogens with zero attached hydrogens (tertiary/aromatic N) is 1. The lowest BCUT2D eigenvalue weighted by molar-refractivity contribution is -0.141. The number of anilines is 1. The van der Waals surface area contributed by atoms with Crippen LogP contribution in [0, 0.1) is 0 Å². The molecule has 0 aliphatic carbocycles. The number of benzene rings is 1. The highest BCUT2D eigenvalue weighted by atomic mass is 19.4. The number of hydrogen-bond donors (Lipinski definition) is 2. The van der Waals surface area contributed by atoms with Crippen LogP contribution < -0.4 is 5.32 Å². The average molecular weight is 297 g/mol. The number of aromatic nitrogens is 2. The SMILES string of the molecule is CC(=O)c1cccc(NC(=O)c2cn[nH]c2C(F)(F)F)c1. The van der Waals surface area contributed by atoms with Crippen LogP contribution in [-0.4, -0.2) is 21.9 Å². The Hall–Kier alpha value is -2.64. The summed E-state index contributed by atoms with van der Waals surface area (Å²) >= 11 is 0. The van der Waals surface area contributed by atoms with Crippen LogP contribution in [-0.2, 0) is 6.18 Å². The highest BCUT2D eigenvalue weighted by Gasteiger charge is 2.37. The number of alkyl halides is 3. The second-order valence-corrected chi connectivity index (χ2v) is 4.25. The first-order chi connectivity index (χ1) is 9.79. The van der Waals surface area contributed by atoms with Gasteiger partial charge in [0, 0.05) is 11.3 Å². The summed E-state index contributed by atoms with van der Waals surface area (Å²) in [6.45, 7) is 1.35. The van der Waals surface area contributed by atoms with Crippen LogP contribution in [0.2, 0.25) is 0 Å². The van der Waals surface area contributed by atoms with Gasteiger partial charge in [0.25, 0.3) is 5.91 Å². The first kappa shape index (κ1) is 14.8. The fraction of sp³-hybridized carbons (Fsp3) is 0.154. The minimum atomic E-state index is -4.70. The van der Waals surface area contributed by atoms with Crippen LogP contribution in [0.25, 0.3) is 0 Å². The predicted molar refractivity (Wildman–Crippen MR) is 68.0 cm³/mol. The summed E-state index contributed by atoms with van der Waals surface area (Å²) in [5, 5.41) is 7.29. The van der Waals surface area contributed by atoms with Gasteiger partial charge in [-0.2, -0.15) is 18.3 Å². The summed E-state index contributed by atoms with van der Waals surface area (Å²) < 4.78 is 38.0. The summed E-state index contributed by atoms with van der Waals surface area (Å²) in [5.41, 5.74) is -1.27. The van der Waals surface area contributed by atoms with E-state index in [4.69, 9.17) is 0 Å². The zero-order valence-electron chi connectivity index (χ0n) is 10.8. The van der Waals surface area contributed by atoms with Crippen LogP contribution in [0.3, 0.4) is 0 Å². The lowest BCUT2D eigenvalue weighted by Crippen LogP contribution is -2.17. The van der Waals surface area contributed by atoms with Crippen molar-refractivity contribution in [3.05, 3.63) is 47.3 Å². The molecule has 0 aliphatic heterocycles.